The molecule has 0 amide bonds. The van der Waals surface area contributed by atoms with Crippen molar-refractivity contribution in [1.82, 2.24) is 4.98 Å². The topological polar surface area (TPSA) is 74.7 Å². The van der Waals surface area contributed by atoms with Crippen LogP contribution in [0.4, 0.5) is 5.82 Å². The zero-order valence-electron chi connectivity index (χ0n) is 11.2. The minimum atomic E-state index is 0.151. The van der Waals surface area contributed by atoms with Crippen molar-refractivity contribution in [2.24, 2.45) is 22.7 Å². The molecule has 1 saturated heterocycles. The molecule has 5 nitrogen and oxygen atoms in total. The van der Waals surface area contributed by atoms with E-state index in [0.717, 1.165) is 41.9 Å². The van der Waals surface area contributed by atoms with Crippen molar-refractivity contribution in [1.29, 1.82) is 0 Å². The molecule has 1 aliphatic heterocycles. The van der Waals surface area contributed by atoms with E-state index in [1.165, 1.54) is 19.3 Å². The van der Waals surface area contributed by atoms with E-state index in [-0.39, 0.29) is 5.84 Å². The minimum absolute atomic E-state index is 0.151. The van der Waals surface area contributed by atoms with Gasteiger partial charge in [-0.2, -0.15) is 0 Å². The lowest BCUT2D eigenvalue weighted by Crippen LogP contribution is -2.27. The van der Waals surface area contributed by atoms with Gasteiger partial charge in [0.1, 0.15) is 5.82 Å². The molecule has 0 aromatic carbocycles. The van der Waals surface area contributed by atoms with Gasteiger partial charge in [0.15, 0.2) is 5.84 Å². The standard InChI is InChI=1S/C14H20N4O/c1-9-5-6-16-14(12(9)13(15)17-19)18-7-10-3-2-4-11(10)8-18/h5-6,10-11,19H,2-4,7-8H2,1H3,(H2,15,17). The Hall–Kier alpha value is -1.78. The molecule has 0 bridgehead atoms. The number of hydrogen-bond acceptors (Lipinski definition) is 4. The maximum Gasteiger partial charge on any atom is 0.174 e. The Morgan fingerprint density at radius 3 is 2.74 bits per heavy atom. The van der Waals surface area contributed by atoms with Gasteiger partial charge in [0.05, 0.1) is 5.56 Å². The Morgan fingerprint density at radius 1 is 1.42 bits per heavy atom. The molecule has 1 aromatic rings. The highest BCUT2D eigenvalue weighted by molar-refractivity contribution is 6.02. The third-order valence-electron chi connectivity index (χ3n) is 4.53. The molecule has 2 fully saturated rings. The number of nitrogens with two attached hydrogens (primary N) is 1. The number of anilines is 1. The van der Waals surface area contributed by atoms with Gasteiger partial charge in [-0.1, -0.05) is 11.6 Å². The van der Waals surface area contributed by atoms with Gasteiger partial charge in [0.2, 0.25) is 0 Å². The van der Waals surface area contributed by atoms with Crippen molar-refractivity contribution >= 4 is 11.7 Å². The number of aryl methyl sites for hydroxylation is 1. The summed E-state index contributed by atoms with van der Waals surface area (Å²) in [5.74, 6) is 2.60. The second-order valence-electron chi connectivity index (χ2n) is 5.67. The van der Waals surface area contributed by atoms with Gasteiger partial charge in [0.25, 0.3) is 0 Å². The van der Waals surface area contributed by atoms with Gasteiger partial charge >= 0.3 is 0 Å². The largest absolute Gasteiger partial charge is 0.409 e. The highest BCUT2D eigenvalue weighted by atomic mass is 16.4. The lowest BCUT2D eigenvalue weighted by molar-refractivity contribution is 0.318. The van der Waals surface area contributed by atoms with Crippen LogP contribution >= 0.6 is 0 Å². The average Bonchev–Trinajstić information content (AvgIpc) is 2.98. The summed E-state index contributed by atoms with van der Waals surface area (Å²) < 4.78 is 0. The number of oxime groups is 1. The summed E-state index contributed by atoms with van der Waals surface area (Å²) in [6.07, 6.45) is 5.81. The Kier molecular flexibility index (Phi) is 3.05. The van der Waals surface area contributed by atoms with Crippen molar-refractivity contribution in [2.75, 3.05) is 18.0 Å². The summed E-state index contributed by atoms with van der Waals surface area (Å²) in [5, 5.41) is 12.1. The van der Waals surface area contributed by atoms with E-state index in [1.54, 1.807) is 6.20 Å². The smallest absolute Gasteiger partial charge is 0.174 e. The van der Waals surface area contributed by atoms with Gasteiger partial charge in [-0.15, -0.1) is 0 Å². The first-order valence-corrected chi connectivity index (χ1v) is 6.89. The Balaban J connectivity index is 1.95. The Labute approximate surface area is 113 Å². The quantitative estimate of drug-likeness (QED) is 0.367. The van der Waals surface area contributed by atoms with E-state index in [9.17, 15) is 0 Å². The van der Waals surface area contributed by atoms with E-state index < -0.39 is 0 Å². The summed E-state index contributed by atoms with van der Waals surface area (Å²) >= 11 is 0. The van der Waals surface area contributed by atoms with Crippen LogP contribution in [-0.2, 0) is 0 Å². The van der Waals surface area contributed by atoms with Crippen molar-refractivity contribution in [2.45, 2.75) is 26.2 Å². The van der Waals surface area contributed by atoms with Crippen molar-refractivity contribution in [3.05, 3.63) is 23.4 Å². The first-order valence-electron chi connectivity index (χ1n) is 6.89. The molecule has 1 aliphatic carbocycles. The Bertz CT molecular complexity index is 502. The predicted octanol–water partition coefficient (Wildman–Crippen LogP) is 1.72. The number of hydrogen-bond donors (Lipinski definition) is 2. The SMILES string of the molecule is Cc1ccnc(N2CC3CCCC3C2)c1/C(N)=N/O. The summed E-state index contributed by atoms with van der Waals surface area (Å²) in [6.45, 7) is 4.06. The third kappa shape index (κ3) is 2.03. The summed E-state index contributed by atoms with van der Waals surface area (Å²) in [6, 6.07) is 1.90. The normalized spacial score (nSPS) is 26.8. The number of nitrogens with zero attached hydrogens (tertiary/aromatic N) is 3. The van der Waals surface area contributed by atoms with Gasteiger partial charge in [-0.05, 0) is 43.2 Å². The average molecular weight is 260 g/mol. The molecule has 0 spiro atoms. The van der Waals surface area contributed by atoms with Crippen molar-refractivity contribution in [3.63, 3.8) is 0 Å². The number of pyridine rings is 1. The molecular weight excluding hydrogens is 240 g/mol. The fraction of sp³-hybridized carbons (Fsp3) is 0.571. The summed E-state index contributed by atoms with van der Waals surface area (Å²) in [5.41, 5.74) is 7.58. The molecular formula is C14H20N4O. The van der Waals surface area contributed by atoms with Gasteiger partial charge in [-0.3, -0.25) is 0 Å². The lowest BCUT2D eigenvalue weighted by atomic mass is 10.0. The zero-order valence-corrected chi connectivity index (χ0v) is 11.2. The van der Waals surface area contributed by atoms with Crippen molar-refractivity contribution in [3.8, 4) is 0 Å². The summed E-state index contributed by atoms with van der Waals surface area (Å²) in [7, 11) is 0. The fourth-order valence-corrected chi connectivity index (χ4v) is 3.56. The molecule has 102 valence electrons. The van der Waals surface area contributed by atoms with E-state index in [1.807, 2.05) is 13.0 Å². The van der Waals surface area contributed by atoms with Crippen LogP contribution in [0.2, 0.25) is 0 Å². The first kappa shape index (κ1) is 12.3. The molecule has 3 rings (SSSR count). The predicted molar refractivity (Wildman–Crippen MR) is 74.5 cm³/mol. The van der Waals surface area contributed by atoms with Crippen LogP contribution < -0.4 is 10.6 Å². The fourth-order valence-electron chi connectivity index (χ4n) is 3.56. The highest BCUT2D eigenvalue weighted by Gasteiger charge is 2.37. The molecule has 2 atom stereocenters. The molecule has 5 heteroatoms. The minimum Gasteiger partial charge on any atom is -0.409 e. The van der Waals surface area contributed by atoms with E-state index >= 15 is 0 Å². The molecule has 19 heavy (non-hydrogen) atoms. The monoisotopic (exact) mass is 260 g/mol. The highest BCUT2D eigenvalue weighted by Crippen LogP contribution is 2.39. The maximum atomic E-state index is 8.96. The molecule has 2 heterocycles. The molecule has 1 aromatic heterocycles. The van der Waals surface area contributed by atoms with Crippen LogP contribution in [0.3, 0.4) is 0 Å². The number of amidine groups is 1. The molecule has 0 radical (unpaired) electrons. The summed E-state index contributed by atoms with van der Waals surface area (Å²) in [4.78, 5) is 6.77. The second kappa shape index (κ2) is 4.72. The third-order valence-corrected chi connectivity index (χ3v) is 4.53. The molecule has 2 aliphatic rings. The van der Waals surface area contributed by atoms with Crippen LogP contribution in [0.25, 0.3) is 0 Å². The molecule has 1 saturated carbocycles. The van der Waals surface area contributed by atoms with E-state index in [0.29, 0.717) is 0 Å². The van der Waals surface area contributed by atoms with E-state index in [2.05, 4.69) is 15.0 Å². The van der Waals surface area contributed by atoms with Crippen LogP contribution in [0.15, 0.2) is 17.4 Å². The van der Waals surface area contributed by atoms with Gasteiger partial charge < -0.3 is 15.8 Å². The Morgan fingerprint density at radius 2 is 2.11 bits per heavy atom. The van der Waals surface area contributed by atoms with E-state index in [4.69, 9.17) is 10.9 Å². The van der Waals surface area contributed by atoms with Gasteiger partial charge in [0, 0.05) is 19.3 Å². The van der Waals surface area contributed by atoms with Crippen molar-refractivity contribution < 1.29 is 5.21 Å². The zero-order chi connectivity index (χ0) is 13.4. The number of aromatic nitrogens is 1. The van der Waals surface area contributed by atoms with Crippen LogP contribution in [-0.4, -0.2) is 29.1 Å². The van der Waals surface area contributed by atoms with Crippen LogP contribution in [0.1, 0.15) is 30.4 Å². The molecule has 3 N–H and O–H groups in total. The first-order chi connectivity index (χ1) is 9.20. The van der Waals surface area contributed by atoms with Crippen LogP contribution in [0.5, 0.6) is 0 Å². The van der Waals surface area contributed by atoms with Crippen LogP contribution in [0, 0.1) is 18.8 Å². The molecule has 2 unspecified atom stereocenters. The number of fused-ring (bicyclic) bond motifs is 1. The second-order valence-corrected chi connectivity index (χ2v) is 5.67. The maximum absolute atomic E-state index is 8.96. The van der Waals surface area contributed by atoms with Gasteiger partial charge in [-0.25, -0.2) is 4.98 Å². The lowest BCUT2D eigenvalue weighted by Gasteiger charge is -2.22. The number of rotatable bonds is 2.